The van der Waals surface area contributed by atoms with E-state index < -0.39 is 18.0 Å². The van der Waals surface area contributed by atoms with E-state index in [1.807, 2.05) is 0 Å². The molecule has 0 aliphatic rings. The van der Waals surface area contributed by atoms with Crippen LogP contribution < -0.4 is 4.74 Å². The Morgan fingerprint density at radius 3 is 2.38 bits per heavy atom. The molecule has 0 saturated heterocycles. The second-order valence-corrected chi connectivity index (χ2v) is 6.43. The summed E-state index contributed by atoms with van der Waals surface area (Å²) in [5, 5.41) is 0.286. The van der Waals surface area contributed by atoms with Gasteiger partial charge in [0, 0.05) is 17.0 Å². The van der Waals surface area contributed by atoms with Gasteiger partial charge >= 0.3 is 6.11 Å². The first kappa shape index (κ1) is 20.6. The van der Waals surface area contributed by atoms with Crippen LogP contribution in [0.25, 0.3) is 16.8 Å². The van der Waals surface area contributed by atoms with E-state index in [2.05, 4.69) is 6.58 Å². The van der Waals surface area contributed by atoms with Gasteiger partial charge in [0.15, 0.2) is 0 Å². The highest BCUT2D eigenvalue weighted by Gasteiger charge is 2.34. The molecule has 0 aromatic heterocycles. The minimum Gasteiger partial charge on any atom is -0.429 e. The number of hydrogen-bond acceptors (Lipinski definition) is 1. The molecule has 0 N–H and O–H groups in total. The highest BCUT2D eigenvalue weighted by Crippen LogP contribution is 2.34. The van der Waals surface area contributed by atoms with E-state index in [1.54, 1.807) is 18.2 Å². The fraction of sp³-hybridized carbons (Fsp3) is 0.130. The molecule has 150 valence electrons. The van der Waals surface area contributed by atoms with Crippen molar-refractivity contribution in [3.8, 4) is 5.75 Å². The quantitative estimate of drug-likeness (QED) is 0.293. The van der Waals surface area contributed by atoms with Crippen LogP contribution in [0.4, 0.5) is 22.0 Å². The van der Waals surface area contributed by atoms with Crippen LogP contribution in [0, 0.1) is 5.82 Å². The lowest BCUT2D eigenvalue weighted by Gasteiger charge is -2.19. The number of allylic oxidation sites excluding steroid dienone is 1. The average molecular weight is 404 g/mol. The largest absolute Gasteiger partial charge is 0.429 e. The van der Waals surface area contributed by atoms with Crippen LogP contribution in [-0.4, -0.2) is 0 Å². The lowest BCUT2D eigenvalue weighted by molar-refractivity contribution is -0.185. The van der Waals surface area contributed by atoms with Gasteiger partial charge in [0.05, 0.1) is 5.56 Å². The molecule has 0 amide bonds. The second kappa shape index (κ2) is 8.47. The molecule has 0 radical (unpaired) electrons. The predicted molar refractivity (Wildman–Crippen MR) is 104 cm³/mol. The SMILES string of the molecule is C=CCCc1ccc(C(F)(F)Oc2ccc3c(F)c(C=C(F)F)ccc3c2)cc1. The summed E-state index contributed by atoms with van der Waals surface area (Å²) < 4.78 is 73.0. The first-order chi connectivity index (χ1) is 13.8. The molecule has 6 heteroatoms. The van der Waals surface area contributed by atoms with Crippen LogP contribution >= 0.6 is 0 Å². The predicted octanol–water partition coefficient (Wildman–Crippen LogP) is 7.46. The second-order valence-electron chi connectivity index (χ2n) is 6.43. The number of benzene rings is 3. The van der Waals surface area contributed by atoms with Gasteiger partial charge in [0.1, 0.15) is 11.6 Å². The molecule has 0 aliphatic carbocycles. The fourth-order valence-electron chi connectivity index (χ4n) is 2.92. The van der Waals surface area contributed by atoms with Gasteiger partial charge in [-0.2, -0.15) is 17.6 Å². The Morgan fingerprint density at radius 1 is 1.00 bits per heavy atom. The third-order valence-corrected chi connectivity index (χ3v) is 4.39. The highest BCUT2D eigenvalue weighted by molar-refractivity contribution is 5.86. The Bertz CT molecular complexity index is 1050. The number of hydrogen-bond donors (Lipinski definition) is 0. The Morgan fingerprint density at radius 2 is 1.72 bits per heavy atom. The summed E-state index contributed by atoms with van der Waals surface area (Å²) in [5.41, 5.74) is 0.304. The fourth-order valence-corrected chi connectivity index (χ4v) is 2.92. The van der Waals surface area contributed by atoms with E-state index in [1.165, 1.54) is 36.4 Å². The monoisotopic (exact) mass is 404 g/mol. The molecule has 3 rings (SSSR count). The van der Waals surface area contributed by atoms with Gasteiger partial charge in [0.25, 0.3) is 6.08 Å². The molecule has 1 nitrogen and oxygen atoms in total. The zero-order valence-corrected chi connectivity index (χ0v) is 15.3. The molecule has 0 unspecified atom stereocenters. The van der Waals surface area contributed by atoms with Gasteiger partial charge in [0.2, 0.25) is 0 Å². The third kappa shape index (κ3) is 4.83. The summed E-state index contributed by atoms with van der Waals surface area (Å²) in [4.78, 5) is 0. The molecular weight excluding hydrogens is 387 g/mol. The third-order valence-electron chi connectivity index (χ3n) is 4.39. The van der Waals surface area contributed by atoms with Gasteiger partial charge in [-0.25, -0.2) is 4.39 Å². The topological polar surface area (TPSA) is 9.23 Å². The van der Waals surface area contributed by atoms with Crippen LogP contribution in [0.15, 0.2) is 73.3 Å². The molecule has 3 aromatic carbocycles. The van der Waals surface area contributed by atoms with Crippen molar-refractivity contribution < 1.29 is 26.7 Å². The van der Waals surface area contributed by atoms with Crippen LogP contribution in [0.2, 0.25) is 0 Å². The van der Waals surface area contributed by atoms with Crippen molar-refractivity contribution in [1.82, 2.24) is 0 Å². The summed E-state index contributed by atoms with van der Waals surface area (Å²) in [6.07, 6.45) is -2.01. The average Bonchev–Trinajstić information content (AvgIpc) is 2.68. The van der Waals surface area contributed by atoms with Gasteiger partial charge in [-0.3, -0.25) is 0 Å². The van der Waals surface area contributed by atoms with Crippen molar-refractivity contribution in [2.45, 2.75) is 19.0 Å². The Balaban J connectivity index is 1.84. The van der Waals surface area contributed by atoms with Crippen LogP contribution in [0.3, 0.4) is 0 Å². The van der Waals surface area contributed by atoms with Gasteiger partial charge in [-0.1, -0.05) is 30.3 Å². The maximum absolute atomic E-state index is 14.5. The maximum atomic E-state index is 14.5. The number of halogens is 5. The molecule has 3 aromatic rings. The first-order valence-electron chi connectivity index (χ1n) is 8.82. The van der Waals surface area contributed by atoms with Crippen LogP contribution in [0.5, 0.6) is 5.75 Å². The summed E-state index contributed by atoms with van der Waals surface area (Å²) in [5.74, 6) is -1.03. The molecule has 0 fully saturated rings. The number of aryl methyl sites for hydroxylation is 1. The number of rotatable bonds is 7. The Labute approximate surface area is 164 Å². The van der Waals surface area contributed by atoms with Gasteiger partial charge < -0.3 is 4.74 Å². The Hall–Kier alpha value is -3.15. The molecular formula is C23H17F5O. The normalized spacial score (nSPS) is 11.3. The molecule has 0 heterocycles. The first-order valence-corrected chi connectivity index (χ1v) is 8.82. The number of fused-ring (bicyclic) bond motifs is 1. The van der Waals surface area contributed by atoms with Crippen molar-refractivity contribution in [2.24, 2.45) is 0 Å². The van der Waals surface area contributed by atoms with Gasteiger partial charge in [-0.05, 0) is 54.1 Å². The van der Waals surface area contributed by atoms with Crippen molar-refractivity contribution in [3.05, 3.63) is 95.8 Å². The zero-order valence-electron chi connectivity index (χ0n) is 15.3. The number of alkyl halides is 2. The smallest absolute Gasteiger partial charge is 0.426 e. The van der Waals surface area contributed by atoms with E-state index in [0.29, 0.717) is 12.5 Å². The molecule has 0 bridgehead atoms. The standard InChI is InChI=1S/C23H17F5O/c1-2-3-4-15-5-9-18(10-6-15)23(27,28)29-19-11-12-20-16(13-19)7-8-17(22(20)26)14-21(24)25/h2,5-14H,1,3-4H2. The van der Waals surface area contributed by atoms with E-state index >= 15 is 0 Å². The van der Waals surface area contributed by atoms with E-state index in [0.717, 1.165) is 18.1 Å². The summed E-state index contributed by atoms with van der Waals surface area (Å²) in [6, 6.07) is 12.0. The molecule has 0 spiro atoms. The van der Waals surface area contributed by atoms with E-state index in [9.17, 15) is 22.0 Å². The lowest BCUT2D eigenvalue weighted by Crippen LogP contribution is -2.21. The molecule has 0 atom stereocenters. The van der Waals surface area contributed by atoms with Crippen molar-refractivity contribution >= 4 is 16.8 Å². The minimum atomic E-state index is -3.59. The lowest BCUT2D eigenvalue weighted by atomic mass is 10.1. The summed E-state index contributed by atoms with van der Waals surface area (Å²) >= 11 is 0. The molecule has 29 heavy (non-hydrogen) atoms. The number of ether oxygens (including phenoxy) is 1. The molecule has 0 saturated carbocycles. The van der Waals surface area contributed by atoms with Crippen LogP contribution in [-0.2, 0) is 12.5 Å². The van der Waals surface area contributed by atoms with Crippen molar-refractivity contribution in [3.63, 3.8) is 0 Å². The van der Waals surface area contributed by atoms with Crippen LogP contribution in [0.1, 0.15) is 23.1 Å². The van der Waals surface area contributed by atoms with Crippen molar-refractivity contribution in [1.29, 1.82) is 0 Å². The van der Waals surface area contributed by atoms with Gasteiger partial charge in [-0.15, -0.1) is 6.58 Å². The highest BCUT2D eigenvalue weighted by atomic mass is 19.3. The summed E-state index contributed by atoms with van der Waals surface area (Å²) in [7, 11) is 0. The van der Waals surface area contributed by atoms with E-state index in [-0.39, 0.29) is 27.6 Å². The Kier molecular flexibility index (Phi) is 6.01. The van der Waals surface area contributed by atoms with Crippen molar-refractivity contribution in [2.75, 3.05) is 0 Å². The molecule has 0 aliphatic heterocycles. The summed E-state index contributed by atoms with van der Waals surface area (Å²) in [6.45, 7) is 3.62. The zero-order chi connectivity index (χ0) is 21.0. The minimum absolute atomic E-state index is 0.0298. The van der Waals surface area contributed by atoms with E-state index in [4.69, 9.17) is 4.74 Å². The maximum Gasteiger partial charge on any atom is 0.426 e.